The van der Waals surface area contributed by atoms with Crippen molar-refractivity contribution in [1.82, 2.24) is 19.7 Å². The molecule has 0 bridgehead atoms. The molecule has 6 rings (SSSR count). The minimum absolute atomic E-state index is 0.000865. The van der Waals surface area contributed by atoms with Crippen molar-refractivity contribution < 1.29 is 19.5 Å². The molecule has 1 amide bonds. The van der Waals surface area contributed by atoms with Crippen LogP contribution < -0.4 is 0 Å². The molecule has 1 unspecified atom stereocenters. The summed E-state index contributed by atoms with van der Waals surface area (Å²) in [7, 11) is 0. The van der Waals surface area contributed by atoms with Crippen LogP contribution in [0.15, 0.2) is 18.5 Å². The molecule has 1 N–H and O–H groups in total. The van der Waals surface area contributed by atoms with Crippen LogP contribution in [0.1, 0.15) is 75.2 Å². The SMILES string of the molecule is CC(=O)c1nn(CC(=O)N2[C@H](C(=O)CC3CCCC4(CC4)C3)C[C@@]3(CO)C[C@@H]23)c2cnccc12. The van der Waals surface area contributed by atoms with Crippen molar-refractivity contribution in [2.75, 3.05) is 6.61 Å². The second-order valence-electron chi connectivity index (χ2n) is 11.3. The Labute approximate surface area is 198 Å². The molecule has 34 heavy (non-hydrogen) atoms. The molecule has 2 aromatic heterocycles. The van der Waals surface area contributed by atoms with Gasteiger partial charge in [-0.05, 0) is 62.3 Å². The predicted octanol–water partition coefficient (Wildman–Crippen LogP) is 2.92. The summed E-state index contributed by atoms with van der Waals surface area (Å²) in [5.41, 5.74) is 1.12. The number of Topliss-reactive ketones (excluding diaryl/α,β-unsaturated/α-hetero) is 2. The van der Waals surface area contributed by atoms with Crippen LogP contribution in [0.2, 0.25) is 0 Å². The molecule has 0 radical (unpaired) electrons. The molecular weight excluding hydrogens is 432 g/mol. The van der Waals surface area contributed by atoms with Crippen molar-refractivity contribution in [3.63, 3.8) is 0 Å². The fraction of sp³-hybridized carbons (Fsp3) is 0.654. The number of nitrogens with zero attached hydrogens (tertiary/aromatic N) is 4. The lowest BCUT2D eigenvalue weighted by molar-refractivity contribution is -0.140. The number of piperidine rings is 1. The summed E-state index contributed by atoms with van der Waals surface area (Å²) in [6.45, 7) is 1.41. The van der Waals surface area contributed by atoms with E-state index in [1.807, 2.05) is 0 Å². The van der Waals surface area contributed by atoms with Gasteiger partial charge >= 0.3 is 0 Å². The van der Waals surface area contributed by atoms with Crippen LogP contribution in [-0.2, 0) is 16.1 Å². The zero-order chi connectivity index (χ0) is 23.7. The first kappa shape index (κ1) is 21.9. The summed E-state index contributed by atoms with van der Waals surface area (Å²) in [5.74, 6) is 0.218. The van der Waals surface area contributed by atoms with Crippen LogP contribution in [0.3, 0.4) is 0 Å². The van der Waals surface area contributed by atoms with Gasteiger partial charge in [-0.3, -0.25) is 24.0 Å². The van der Waals surface area contributed by atoms with E-state index in [0.717, 1.165) is 19.3 Å². The molecule has 4 atom stereocenters. The molecule has 2 aromatic rings. The lowest BCUT2D eigenvalue weighted by Gasteiger charge is -2.31. The molecule has 4 fully saturated rings. The molecule has 1 saturated heterocycles. The highest BCUT2D eigenvalue weighted by Gasteiger charge is 2.66. The topological polar surface area (TPSA) is 105 Å². The van der Waals surface area contributed by atoms with Crippen LogP contribution >= 0.6 is 0 Å². The molecule has 1 aliphatic heterocycles. The molecule has 180 valence electrons. The standard InChI is InChI=1S/C26H32N4O4/c1-16(32)24-18-4-8-27-13-20(18)29(28-24)14-23(34)30-19(11-26(15-31)12-22(26)30)21(33)9-17-3-2-5-25(10-17)6-7-25/h4,8,13,17,19,22,31H,2-3,5-7,9-12,14-15H2,1H3/t17?,19-,22+,26-/m0/s1. The number of amides is 1. The van der Waals surface area contributed by atoms with E-state index in [1.165, 1.54) is 37.3 Å². The number of hydrogen-bond acceptors (Lipinski definition) is 6. The average molecular weight is 465 g/mol. The van der Waals surface area contributed by atoms with Gasteiger partial charge in [0, 0.05) is 36.4 Å². The number of likely N-dealkylation sites (tertiary alicyclic amines) is 1. The number of ketones is 2. The number of carbonyl (C=O) groups excluding carboxylic acids is 3. The highest BCUT2D eigenvalue weighted by Crippen LogP contribution is 2.60. The number of carbonyl (C=O) groups is 3. The van der Waals surface area contributed by atoms with Gasteiger partial charge in [-0.2, -0.15) is 5.10 Å². The summed E-state index contributed by atoms with van der Waals surface area (Å²) in [6.07, 6.45) is 12.4. The smallest absolute Gasteiger partial charge is 0.245 e. The monoisotopic (exact) mass is 464 g/mol. The third-order valence-electron chi connectivity index (χ3n) is 9.05. The molecule has 8 nitrogen and oxygen atoms in total. The molecule has 3 aliphatic carbocycles. The lowest BCUT2D eigenvalue weighted by atomic mass is 9.76. The Morgan fingerprint density at radius 2 is 2.00 bits per heavy atom. The first-order valence-corrected chi connectivity index (χ1v) is 12.6. The van der Waals surface area contributed by atoms with E-state index >= 15 is 0 Å². The third kappa shape index (κ3) is 3.49. The van der Waals surface area contributed by atoms with E-state index < -0.39 is 6.04 Å². The van der Waals surface area contributed by atoms with E-state index in [4.69, 9.17) is 0 Å². The molecule has 0 aromatic carbocycles. The minimum Gasteiger partial charge on any atom is -0.396 e. The number of aromatic nitrogens is 3. The zero-order valence-electron chi connectivity index (χ0n) is 19.7. The Kier molecular flexibility index (Phi) is 4.96. The molecule has 3 heterocycles. The molecule has 3 saturated carbocycles. The highest BCUT2D eigenvalue weighted by molar-refractivity contribution is 6.04. The summed E-state index contributed by atoms with van der Waals surface area (Å²) in [5, 5.41) is 15.1. The van der Waals surface area contributed by atoms with Gasteiger partial charge in [0.1, 0.15) is 12.2 Å². The normalized spacial score (nSPS) is 31.0. The number of rotatable bonds is 7. The number of hydrogen-bond donors (Lipinski definition) is 1. The van der Waals surface area contributed by atoms with E-state index in [2.05, 4.69) is 10.1 Å². The van der Waals surface area contributed by atoms with E-state index in [1.54, 1.807) is 23.4 Å². The maximum atomic E-state index is 13.6. The molecule has 1 spiro atoms. The molecule has 8 heteroatoms. The Bertz CT molecular complexity index is 1180. The van der Waals surface area contributed by atoms with E-state index in [0.29, 0.717) is 40.8 Å². The van der Waals surface area contributed by atoms with Crippen molar-refractivity contribution in [3.8, 4) is 0 Å². The summed E-state index contributed by atoms with van der Waals surface area (Å²) >= 11 is 0. The van der Waals surface area contributed by atoms with Crippen LogP contribution in [0.5, 0.6) is 0 Å². The quantitative estimate of drug-likeness (QED) is 0.632. The number of aliphatic hydroxyl groups excluding tert-OH is 1. The Hall–Kier alpha value is -2.61. The van der Waals surface area contributed by atoms with Crippen LogP contribution in [0, 0.1) is 16.7 Å². The minimum atomic E-state index is -0.470. The summed E-state index contributed by atoms with van der Waals surface area (Å²) in [4.78, 5) is 45.0. The Balaban J connectivity index is 1.23. The maximum Gasteiger partial charge on any atom is 0.245 e. The summed E-state index contributed by atoms with van der Waals surface area (Å²) < 4.78 is 1.53. The van der Waals surface area contributed by atoms with Crippen molar-refractivity contribution in [2.45, 2.75) is 83.3 Å². The van der Waals surface area contributed by atoms with Crippen LogP contribution in [-0.4, -0.2) is 60.9 Å². The largest absolute Gasteiger partial charge is 0.396 e. The van der Waals surface area contributed by atoms with Gasteiger partial charge in [0.25, 0.3) is 0 Å². The third-order valence-corrected chi connectivity index (χ3v) is 9.05. The maximum absolute atomic E-state index is 13.6. The van der Waals surface area contributed by atoms with Gasteiger partial charge in [0.15, 0.2) is 11.6 Å². The van der Waals surface area contributed by atoms with Gasteiger partial charge in [-0.15, -0.1) is 0 Å². The fourth-order valence-electron chi connectivity index (χ4n) is 6.91. The molecular formula is C26H32N4O4. The van der Waals surface area contributed by atoms with Gasteiger partial charge in [0.2, 0.25) is 5.91 Å². The van der Waals surface area contributed by atoms with Crippen molar-refractivity contribution in [1.29, 1.82) is 0 Å². The highest BCUT2D eigenvalue weighted by atomic mass is 16.3. The van der Waals surface area contributed by atoms with Gasteiger partial charge < -0.3 is 10.0 Å². The first-order valence-electron chi connectivity index (χ1n) is 12.6. The number of fused-ring (bicyclic) bond motifs is 2. The number of aliphatic hydroxyl groups is 1. The number of pyridine rings is 1. The van der Waals surface area contributed by atoms with Crippen LogP contribution in [0.25, 0.3) is 10.9 Å². The Morgan fingerprint density at radius 3 is 2.74 bits per heavy atom. The zero-order valence-corrected chi connectivity index (χ0v) is 19.7. The van der Waals surface area contributed by atoms with E-state index in [9.17, 15) is 19.5 Å². The van der Waals surface area contributed by atoms with Gasteiger partial charge in [-0.25, -0.2) is 0 Å². The van der Waals surface area contributed by atoms with Gasteiger partial charge in [-0.1, -0.05) is 6.42 Å². The first-order chi connectivity index (χ1) is 16.3. The fourth-order valence-corrected chi connectivity index (χ4v) is 6.91. The van der Waals surface area contributed by atoms with Crippen molar-refractivity contribution >= 4 is 28.4 Å². The van der Waals surface area contributed by atoms with Crippen molar-refractivity contribution in [2.24, 2.45) is 16.7 Å². The second kappa shape index (κ2) is 7.70. The van der Waals surface area contributed by atoms with E-state index in [-0.39, 0.29) is 42.1 Å². The van der Waals surface area contributed by atoms with Gasteiger partial charge in [0.05, 0.1) is 24.4 Å². The lowest BCUT2D eigenvalue weighted by Crippen LogP contribution is -2.45. The Morgan fingerprint density at radius 1 is 1.18 bits per heavy atom. The average Bonchev–Trinajstić information content (AvgIpc) is 3.67. The summed E-state index contributed by atoms with van der Waals surface area (Å²) in [6, 6.07) is 1.17. The molecule has 4 aliphatic rings. The predicted molar refractivity (Wildman–Crippen MR) is 124 cm³/mol. The second-order valence-corrected chi connectivity index (χ2v) is 11.3. The van der Waals surface area contributed by atoms with Crippen LogP contribution in [0.4, 0.5) is 0 Å². The van der Waals surface area contributed by atoms with Crippen molar-refractivity contribution in [3.05, 3.63) is 24.2 Å².